The van der Waals surface area contributed by atoms with E-state index in [1.165, 1.54) is 37.6 Å². The van der Waals surface area contributed by atoms with Crippen LogP contribution in [0.15, 0.2) is 24.3 Å². The number of imidazole rings is 1. The molecule has 134 valence electrons. The minimum absolute atomic E-state index is 0.156. The van der Waals surface area contributed by atoms with Crippen LogP contribution in [0.2, 0.25) is 0 Å². The summed E-state index contributed by atoms with van der Waals surface area (Å²) in [6.45, 7) is 3.90. The summed E-state index contributed by atoms with van der Waals surface area (Å²) >= 11 is 0. The number of para-hydroxylation sites is 2. The van der Waals surface area contributed by atoms with Gasteiger partial charge in [0.1, 0.15) is 5.82 Å². The van der Waals surface area contributed by atoms with Gasteiger partial charge >= 0.3 is 0 Å². The zero-order valence-corrected chi connectivity index (χ0v) is 15.3. The van der Waals surface area contributed by atoms with Gasteiger partial charge in [-0.1, -0.05) is 38.3 Å². The minimum Gasteiger partial charge on any atom is -0.333 e. The Morgan fingerprint density at radius 2 is 1.92 bits per heavy atom. The van der Waals surface area contributed by atoms with Crippen LogP contribution in [0.1, 0.15) is 70.2 Å². The number of likely N-dealkylation sites (tertiary alicyclic amines) is 1. The van der Waals surface area contributed by atoms with Gasteiger partial charge in [0.15, 0.2) is 0 Å². The number of fused-ring (bicyclic) bond motifs is 1. The quantitative estimate of drug-likeness (QED) is 0.810. The second kappa shape index (κ2) is 7.19. The predicted molar refractivity (Wildman–Crippen MR) is 100 cm³/mol. The highest BCUT2D eigenvalue weighted by Crippen LogP contribution is 2.35. The molecule has 2 aliphatic rings. The molecule has 1 aliphatic heterocycles. The Morgan fingerprint density at radius 1 is 1.12 bits per heavy atom. The summed E-state index contributed by atoms with van der Waals surface area (Å²) in [5, 5.41) is 0. The number of aromatic nitrogens is 2. The number of hydrogen-bond acceptors (Lipinski definition) is 2. The van der Waals surface area contributed by atoms with E-state index in [9.17, 15) is 4.79 Å². The monoisotopic (exact) mass is 339 g/mol. The van der Waals surface area contributed by atoms with E-state index in [0.717, 1.165) is 43.2 Å². The molecule has 1 aromatic carbocycles. The average Bonchev–Trinajstić information content (AvgIpc) is 3.27. The predicted octanol–water partition coefficient (Wildman–Crippen LogP) is 4.69. The SMILES string of the molecule is CCC(=O)N1CCCC1c1nc2ccccc2n1CC1CCCCC1. The highest BCUT2D eigenvalue weighted by molar-refractivity contribution is 5.78. The fourth-order valence-electron chi connectivity index (χ4n) is 4.71. The van der Waals surface area contributed by atoms with Crippen LogP contribution in [0.4, 0.5) is 0 Å². The van der Waals surface area contributed by atoms with Crippen LogP contribution in [-0.2, 0) is 11.3 Å². The van der Waals surface area contributed by atoms with Crippen LogP contribution in [0, 0.1) is 5.92 Å². The molecule has 4 rings (SSSR count). The van der Waals surface area contributed by atoms with Gasteiger partial charge in [0.25, 0.3) is 0 Å². The van der Waals surface area contributed by atoms with Crippen molar-refractivity contribution >= 4 is 16.9 Å². The van der Waals surface area contributed by atoms with Crippen LogP contribution in [0.5, 0.6) is 0 Å². The first-order valence-corrected chi connectivity index (χ1v) is 10.0. The van der Waals surface area contributed by atoms with Gasteiger partial charge in [-0.3, -0.25) is 4.79 Å². The van der Waals surface area contributed by atoms with Crippen molar-refractivity contribution in [1.82, 2.24) is 14.5 Å². The number of amides is 1. The summed E-state index contributed by atoms with van der Waals surface area (Å²) in [5.74, 6) is 2.13. The zero-order chi connectivity index (χ0) is 17.2. The Kier molecular flexibility index (Phi) is 4.78. The van der Waals surface area contributed by atoms with Gasteiger partial charge < -0.3 is 9.47 Å². The van der Waals surface area contributed by atoms with E-state index in [1.54, 1.807) is 0 Å². The Balaban J connectivity index is 1.72. The Hall–Kier alpha value is -1.84. The van der Waals surface area contributed by atoms with E-state index >= 15 is 0 Å². The van der Waals surface area contributed by atoms with Gasteiger partial charge in [0, 0.05) is 19.5 Å². The molecule has 1 aliphatic carbocycles. The number of benzene rings is 1. The molecular formula is C21H29N3O. The van der Waals surface area contributed by atoms with Gasteiger partial charge in [0.2, 0.25) is 5.91 Å². The fraction of sp³-hybridized carbons (Fsp3) is 0.619. The standard InChI is InChI=1S/C21H29N3O/c1-2-20(25)23-14-8-13-19(23)21-22-17-11-6-7-12-18(17)24(21)15-16-9-4-3-5-10-16/h6-7,11-12,16,19H,2-5,8-10,13-15H2,1H3. The van der Waals surface area contributed by atoms with Gasteiger partial charge in [-0.25, -0.2) is 4.98 Å². The molecule has 1 saturated carbocycles. The van der Waals surface area contributed by atoms with Crippen molar-refractivity contribution in [3.63, 3.8) is 0 Å². The molecule has 4 nitrogen and oxygen atoms in total. The Labute approximate surface area is 150 Å². The third kappa shape index (κ3) is 3.19. The molecule has 4 heteroatoms. The van der Waals surface area contributed by atoms with Crippen LogP contribution < -0.4 is 0 Å². The largest absolute Gasteiger partial charge is 0.333 e. The smallest absolute Gasteiger partial charge is 0.222 e. The molecule has 0 spiro atoms. The lowest BCUT2D eigenvalue weighted by molar-refractivity contribution is -0.131. The highest BCUT2D eigenvalue weighted by Gasteiger charge is 2.33. The molecule has 1 saturated heterocycles. The van der Waals surface area contributed by atoms with Crippen LogP contribution >= 0.6 is 0 Å². The second-order valence-corrected chi connectivity index (χ2v) is 7.67. The average molecular weight is 339 g/mol. The van der Waals surface area contributed by atoms with Crippen LogP contribution in [0.25, 0.3) is 11.0 Å². The fourth-order valence-corrected chi connectivity index (χ4v) is 4.71. The van der Waals surface area contributed by atoms with Crippen LogP contribution in [0.3, 0.4) is 0 Å². The van der Waals surface area contributed by atoms with E-state index in [1.807, 2.05) is 6.92 Å². The van der Waals surface area contributed by atoms with Gasteiger partial charge in [0.05, 0.1) is 17.1 Å². The normalized spacial score (nSPS) is 22.0. The molecule has 25 heavy (non-hydrogen) atoms. The number of carbonyl (C=O) groups is 1. The van der Waals surface area contributed by atoms with Crippen LogP contribution in [-0.4, -0.2) is 26.9 Å². The Bertz CT molecular complexity index is 745. The van der Waals surface area contributed by atoms with E-state index < -0.39 is 0 Å². The molecule has 2 heterocycles. The molecule has 1 aromatic heterocycles. The van der Waals surface area contributed by atoms with E-state index in [2.05, 4.69) is 33.7 Å². The summed E-state index contributed by atoms with van der Waals surface area (Å²) in [6, 6.07) is 8.62. The topological polar surface area (TPSA) is 38.1 Å². The van der Waals surface area contributed by atoms with Gasteiger partial charge in [-0.05, 0) is 43.7 Å². The van der Waals surface area contributed by atoms with Crippen molar-refractivity contribution in [3.8, 4) is 0 Å². The summed E-state index contributed by atoms with van der Waals surface area (Å²) in [4.78, 5) is 19.5. The van der Waals surface area contributed by atoms with Crippen molar-refractivity contribution in [1.29, 1.82) is 0 Å². The van der Waals surface area contributed by atoms with Crippen molar-refractivity contribution in [2.24, 2.45) is 5.92 Å². The minimum atomic E-state index is 0.156. The lowest BCUT2D eigenvalue weighted by Crippen LogP contribution is -2.31. The van der Waals surface area contributed by atoms with Gasteiger partial charge in [-0.2, -0.15) is 0 Å². The molecule has 2 aromatic rings. The third-order valence-electron chi connectivity index (χ3n) is 6.02. The highest BCUT2D eigenvalue weighted by atomic mass is 16.2. The maximum atomic E-state index is 12.4. The van der Waals surface area contributed by atoms with Gasteiger partial charge in [-0.15, -0.1) is 0 Å². The van der Waals surface area contributed by atoms with Crippen molar-refractivity contribution in [3.05, 3.63) is 30.1 Å². The molecule has 0 N–H and O–H groups in total. The zero-order valence-electron chi connectivity index (χ0n) is 15.3. The van der Waals surface area contributed by atoms with E-state index in [4.69, 9.17) is 4.98 Å². The van der Waals surface area contributed by atoms with Crippen molar-refractivity contribution in [2.75, 3.05) is 6.54 Å². The summed E-state index contributed by atoms with van der Waals surface area (Å²) in [5.41, 5.74) is 2.31. The maximum absolute atomic E-state index is 12.4. The molecule has 0 bridgehead atoms. The number of rotatable bonds is 4. The lowest BCUT2D eigenvalue weighted by atomic mass is 9.89. The first kappa shape index (κ1) is 16.6. The first-order valence-electron chi connectivity index (χ1n) is 10.0. The number of carbonyl (C=O) groups excluding carboxylic acids is 1. The molecule has 1 atom stereocenters. The Morgan fingerprint density at radius 3 is 2.72 bits per heavy atom. The summed E-state index contributed by atoms with van der Waals surface area (Å²) < 4.78 is 2.44. The second-order valence-electron chi connectivity index (χ2n) is 7.67. The lowest BCUT2D eigenvalue weighted by Gasteiger charge is -2.27. The van der Waals surface area contributed by atoms with E-state index in [-0.39, 0.29) is 11.9 Å². The number of nitrogens with zero attached hydrogens (tertiary/aromatic N) is 3. The first-order chi connectivity index (χ1) is 12.3. The summed E-state index contributed by atoms with van der Waals surface area (Å²) in [7, 11) is 0. The maximum Gasteiger partial charge on any atom is 0.222 e. The number of hydrogen-bond donors (Lipinski definition) is 0. The molecule has 0 radical (unpaired) electrons. The van der Waals surface area contributed by atoms with E-state index in [0.29, 0.717) is 6.42 Å². The molecule has 2 fully saturated rings. The van der Waals surface area contributed by atoms with Crippen molar-refractivity contribution < 1.29 is 4.79 Å². The van der Waals surface area contributed by atoms with Crippen molar-refractivity contribution in [2.45, 2.75) is 70.9 Å². The molecule has 1 amide bonds. The molecule has 1 unspecified atom stereocenters. The molecular weight excluding hydrogens is 310 g/mol. The summed E-state index contributed by atoms with van der Waals surface area (Å²) in [6.07, 6.45) is 9.47. The third-order valence-corrected chi connectivity index (χ3v) is 6.02.